The molecule has 1 aliphatic heterocycles. The number of aromatic amines is 1. The zero-order valence-corrected chi connectivity index (χ0v) is 21.0. The van der Waals surface area contributed by atoms with Crippen molar-refractivity contribution in [1.29, 1.82) is 0 Å². The number of likely N-dealkylation sites (N-methyl/N-ethyl adjacent to an activating group) is 1. The van der Waals surface area contributed by atoms with Gasteiger partial charge in [-0.3, -0.25) is 0 Å². The van der Waals surface area contributed by atoms with Crippen molar-refractivity contribution in [3.8, 4) is 28.1 Å². The molecule has 3 heterocycles. The largest absolute Gasteiger partial charge is 0.492 e. The van der Waals surface area contributed by atoms with Crippen LogP contribution in [0.15, 0.2) is 60.9 Å². The molecule has 0 radical (unpaired) electrons. The van der Waals surface area contributed by atoms with E-state index in [1.54, 1.807) is 6.33 Å². The molecule has 2 aromatic carbocycles. The molecule has 0 saturated carbocycles. The van der Waals surface area contributed by atoms with Crippen molar-refractivity contribution in [1.82, 2.24) is 19.9 Å². The fourth-order valence-electron chi connectivity index (χ4n) is 4.19. The Morgan fingerprint density at radius 2 is 1.76 bits per heavy atom. The molecule has 0 aliphatic carbocycles. The quantitative estimate of drug-likeness (QED) is 0.357. The van der Waals surface area contributed by atoms with Crippen LogP contribution in [-0.4, -0.2) is 63.2 Å². The summed E-state index contributed by atoms with van der Waals surface area (Å²) in [5, 5.41) is 1.01. The number of nitrogens with one attached hydrogen (secondary N) is 1. The molecule has 1 aliphatic rings. The number of aromatic nitrogens is 3. The summed E-state index contributed by atoms with van der Waals surface area (Å²) in [5.74, 6) is 3.12. The molecule has 0 amide bonds. The number of fused-ring (bicyclic) bond motifs is 1. The third-order valence-electron chi connectivity index (χ3n) is 5.89. The van der Waals surface area contributed by atoms with Gasteiger partial charge in [-0.15, -0.1) is 23.5 Å². The van der Waals surface area contributed by atoms with Gasteiger partial charge in [0.1, 0.15) is 24.3 Å². The molecule has 0 spiro atoms. The van der Waals surface area contributed by atoms with Gasteiger partial charge in [-0.05, 0) is 49.5 Å². The Hall–Kier alpha value is -2.52. The van der Waals surface area contributed by atoms with Crippen LogP contribution in [0.25, 0.3) is 33.4 Å². The molecule has 0 bridgehead atoms. The predicted octanol–water partition coefficient (Wildman–Crippen LogP) is 5.04. The first-order chi connectivity index (χ1) is 16.6. The normalized spacial score (nSPS) is 15.3. The first-order valence-electron chi connectivity index (χ1n) is 11.4. The summed E-state index contributed by atoms with van der Waals surface area (Å²) in [7, 11) is 4.08. The lowest BCUT2D eigenvalue weighted by Gasteiger charge is -2.18. The molecule has 6 nitrogen and oxygen atoms in total. The maximum atomic E-state index is 6.78. The third kappa shape index (κ3) is 4.81. The summed E-state index contributed by atoms with van der Waals surface area (Å²) >= 11 is 3.84. The van der Waals surface area contributed by atoms with Crippen molar-refractivity contribution in [3.63, 3.8) is 0 Å². The van der Waals surface area contributed by atoms with Gasteiger partial charge in [0, 0.05) is 23.6 Å². The van der Waals surface area contributed by atoms with E-state index in [0.717, 1.165) is 62.9 Å². The first kappa shape index (κ1) is 23.2. The number of nitrogens with two attached hydrogens (primary N) is 1. The van der Waals surface area contributed by atoms with Crippen LogP contribution in [0.2, 0.25) is 0 Å². The van der Waals surface area contributed by atoms with Gasteiger partial charge in [0.25, 0.3) is 0 Å². The number of hydrogen-bond acceptors (Lipinski definition) is 7. The van der Waals surface area contributed by atoms with Gasteiger partial charge in [0.2, 0.25) is 0 Å². The Bertz CT molecular complexity index is 1240. The van der Waals surface area contributed by atoms with E-state index in [1.165, 1.54) is 0 Å². The van der Waals surface area contributed by atoms with Crippen LogP contribution >= 0.6 is 23.5 Å². The minimum Gasteiger partial charge on any atom is -0.492 e. The molecular formula is C26H29N5OS2. The van der Waals surface area contributed by atoms with Gasteiger partial charge in [-0.25, -0.2) is 9.97 Å². The molecule has 34 heavy (non-hydrogen) atoms. The molecule has 2 aromatic heterocycles. The molecule has 1 fully saturated rings. The van der Waals surface area contributed by atoms with E-state index in [-0.39, 0.29) is 6.04 Å². The van der Waals surface area contributed by atoms with Gasteiger partial charge in [0.05, 0.1) is 27.4 Å². The van der Waals surface area contributed by atoms with Crippen molar-refractivity contribution in [2.45, 2.75) is 10.6 Å². The Kier molecular flexibility index (Phi) is 7.10. The van der Waals surface area contributed by atoms with E-state index in [1.807, 2.05) is 55.8 Å². The van der Waals surface area contributed by atoms with Gasteiger partial charge >= 0.3 is 0 Å². The van der Waals surface area contributed by atoms with Crippen molar-refractivity contribution in [2.75, 3.05) is 38.8 Å². The fraction of sp³-hybridized carbons (Fsp3) is 0.308. The molecule has 8 heteroatoms. The minimum absolute atomic E-state index is 0.165. The summed E-state index contributed by atoms with van der Waals surface area (Å²) < 4.78 is 6.20. The molecule has 1 unspecified atom stereocenters. The summed E-state index contributed by atoms with van der Waals surface area (Å²) in [6.07, 6.45) is 1.62. The molecule has 1 saturated heterocycles. The molecule has 176 valence electrons. The van der Waals surface area contributed by atoms with Crippen LogP contribution in [0.1, 0.15) is 11.7 Å². The first-order valence-corrected chi connectivity index (χ1v) is 13.5. The van der Waals surface area contributed by atoms with E-state index in [9.17, 15) is 0 Å². The van der Waals surface area contributed by atoms with Gasteiger partial charge in [0.15, 0.2) is 0 Å². The average Bonchev–Trinajstić information content (AvgIpc) is 3.53. The smallest absolute Gasteiger partial charge is 0.142 e. The second-order valence-corrected chi connectivity index (χ2v) is 11.3. The zero-order chi connectivity index (χ0) is 23.5. The number of thioether (sulfide) groups is 2. The number of nitrogens with zero attached hydrogens (tertiary/aromatic N) is 3. The van der Waals surface area contributed by atoms with E-state index < -0.39 is 0 Å². The van der Waals surface area contributed by atoms with Crippen molar-refractivity contribution in [2.24, 2.45) is 5.73 Å². The van der Waals surface area contributed by atoms with Gasteiger partial charge in [-0.2, -0.15) is 0 Å². The van der Waals surface area contributed by atoms with Crippen molar-refractivity contribution < 1.29 is 4.74 Å². The second kappa shape index (κ2) is 10.4. The lowest BCUT2D eigenvalue weighted by Crippen LogP contribution is -2.21. The number of rotatable bonds is 8. The SMILES string of the molecule is CN(C)CCOc1ccc(-c2[nH]c3ncnc(C(N)C4SCCS4)c3c2-c2ccccc2)cc1. The van der Waals surface area contributed by atoms with Crippen LogP contribution in [0.5, 0.6) is 5.75 Å². The maximum absolute atomic E-state index is 6.78. The monoisotopic (exact) mass is 491 g/mol. The summed E-state index contributed by atoms with van der Waals surface area (Å²) in [6.45, 7) is 1.53. The topological polar surface area (TPSA) is 80.1 Å². The fourth-order valence-corrected chi connectivity index (χ4v) is 7.06. The van der Waals surface area contributed by atoms with E-state index in [4.69, 9.17) is 15.5 Å². The van der Waals surface area contributed by atoms with Crippen LogP contribution in [-0.2, 0) is 0 Å². The summed E-state index contributed by atoms with van der Waals surface area (Å²) in [6, 6.07) is 18.5. The van der Waals surface area contributed by atoms with Crippen LogP contribution < -0.4 is 10.5 Å². The van der Waals surface area contributed by atoms with Crippen LogP contribution in [0, 0.1) is 0 Å². The summed E-state index contributed by atoms with van der Waals surface area (Å²) in [4.78, 5) is 15.0. The second-order valence-electron chi connectivity index (χ2n) is 8.54. The maximum Gasteiger partial charge on any atom is 0.142 e. The minimum atomic E-state index is -0.165. The average molecular weight is 492 g/mol. The Balaban J connectivity index is 1.59. The Labute approximate surface area is 208 Å². The molecule has 1 atom stereocenters. The molecule has 3 N–H and O–H groups in total. The number of ether oxygens (including phenoxy) is 1. The van der Waals surface area contributed by atoms with Crippen molar-refractivity contribution >= 4 is 34.6 Å². The Morgan fingerprint density at radius 3 is 2.47 bits per heavy atom. The highest BCUT2D eigenvalue weighted by Crippen LogP contribution is 2.44. The highest BCUT2D eigenvalue weighted by molar-refractivity contribution is 8.20. The van der Waals surface area contributed by atoms with E-state index in [0.29, 0.717) is 11.2 Å². The van der Waals surface area contributed by atoms with Crippen LogP contribution in [0.3, 0.4) is 0 Å². The lowest BCUT2D eigenvalue weighted by atomic mass is 9.97. The molecular weight excluding hydrogens is 462 g/mol. The lowest BCUT2D eigenvalue weighted by molar-refractivity contribution is 0.261. The predicted molar refractivity (Wildman–Crippen MR) is 144 cm³/mol. The third-order valence-corrected chi connectivity index (χ3v) is 9.09. The van der Waals surface area contributed by atoms with Gasteiger partial charge < -0.3 is 20.4 Å². The zero-order valence-electron chi connectivity index (χ0n) is 19.4. The molecule has 5 rings (SSSR count). The number of hydrogen-bond donors (Lipinski definition) is 2. The van der Waals surface area contributed by atoms with E-state index >= 15 is 0 Å². The highest BCUT2D eigenvalue weighted by Gasteiger charge is 2.29. The van der Waals surface area contributed by atoms with Crippen molar-refractivity contribution in [3.05, 3.63) is 66.6 Å². The van der Waals surface area contributed by atoms with Gasteiger partial charge in [-0.1, -0.05) is 30.3 Å². The molecule has 4 aromatic rings. The summed E-state index contributed by atoms with van der Waals surface area (Å²) in [5.41, 5.74) is 12.8. The standard InChI is InChI=1S/C26H29N5OS2/c1-31(2)12-13-32-19-10-8-18(9-11-19)23-20(17-6-4-3-5-7-17)21-24(28-16-29-25(21)30-23)22(27)26-33-14-15-34-26/h3-11,16,22,26H,12-15,27H2,1-2H3,(H,28,29,30). The highest BCUT2D eigenvalue weighted by atomic mass is 32.2. The number of benzene rings is 2. The van der Waals surface area contributed by atoms with E-state index in [2.05, 4.69) is 51.3 Å². The van der Waals surface area contributed by atoms with Crippen LogP contribution in [0.4, 0.5) is 0 Å². The Morgan fingerprint density at radius 1 is 1.03 bits per heavy atom. The number of H-pyrrole nitrogens is 1.